The highest BCUT2D eigenvalue weighted by Gasteiger charge is 2.25. The molecule has 4 aromatic rings. The average Bonchev–Trinajstić information content (AvgIpc) is 3.18. The highest BCUT2D eigenvalue weighted by molar-refractivity contribution is 5.96. The number of nitrogens with zero attached hydrogens (tertiary/aromatic N) is 3. The Kier molecular flexibility index (Phi) is 5.95. The van der Waals surface area contributed by atoms with Gasteiger partial charge in [-0.1, -0.05) is 60.7 Å². The van der Waals surface area contributed by atoms with Gasteiger partial charge >= 0.3 is 5.97 Å². The molecule has 2 aromatic heterocycles. The Hall–Kier alpha value is -4.44. The number of aromatic nitrogens is 2. The molecule has 2 heterocycles. The van der Waals surface area contributed by atoms with Crippen molar-refractivity contribution in [3.63, 3.8) is 0 Å². The number of hydrogen-bond acceptors (Lipinski definition) is 7. The van der Waals surface area contributed by atoms with Crippen LogP contribution in [0.5, 0.6) is 0 Å². The molecule has 0 bridgehead atoms. The van der Waals surface area contributed by atoms with Crippen LogP contribution in [-0.2, 0) is 4.74 Å². The molecule has 7 heteroatoms. The molecule has 0 radical (unpaired) electrons. The van der Waals surface area contributed by atoms with Gasteiger partial charge in [-0.2, -0.15) is 5.26 Å². The number of ether oxygens (including phenoxy) is 1. The van der Waals surface area contributed by atoms with Gasteiger partial charge in [0, 0.05) is 17.3 Å². The lowest BCUT2D eigenvalue weighted by atomic mass is 9.98. The smallest absolute Gasteiger partial charge is 0.343 e. The zero-order valence-corrected chi connectivity index (χ0v) is 17.6. The number of nitriles is 1. The largest absolute Gasteiger partial charge is 0.462 e. The first-order chi connectivity index (χ1) is 15.6. The molecule has 158 valence electrons. The highest BCUT2D eigenvalue weighted by atomic mass is 16.5. The highest BCUT2D eigenvalue weighted by Crippen LogP contribution is 2.42. The topological polar surface area (TPSA) is 101 Å². The fourth-order valence-corrected chi connectivity index (χ4v) is 3.33. The maximum absolute atomic E-state index is 12.4. The third-order valence-electron chi connectivity index (χ3n) is 4.75. The van der Waals surface area contributed by atoms with Gasteiger partial charge < -0.3 is 14.5 Å². The first-order valence-electron chi connectivity index (χ1n) is 10.1. The molecular weight excluding hydrogens is 404 g/mol. The molecule has 0 unspecified atom stereocenters. The van der Waals surface area contributed by atoms with Crippen LogP contribution in [-0.4, -0.2) is 22.5 Å². The first-order valence-corrected chi connectivity index (χ1v) is 10.1. The zero-order valence-electron chi connectivity index (χ0n) is 17.6. The number of benzene rings is 2. The molecular formula is C25H20N4O3. The minimum Gasteiger partial charge on any atom is -0.462 e. The van der Waals surface area contributed by atoms with Crippen LogP contribution in [0.3, 0.4) is 0 Å². The van der Waals surface area contributed by atoms with Crippen molar-refractivity contribution in [2.75, 3.05) is 11.9 Å². The maximum Gasteiger partial charge on any atom is 0.343 e. The van der Waals surface area contributed by atoms with E-state index in [0.29, 0.717) is 22.7 Å². The summed E-state index contributed by atoms with van der Waals surface area (Å²) in [5.74, 6) is 0.831. The van der Waals surface area contributed by atoms with Gasteiger partial charge in [-0.05, 0) is 19.4 Å². The minimum absolute atomic E-state index is 0.153. The van der Waals surface area contributed by atoms with Crippen molar-refractivity contribution in [1.82, 2.24) is 9.97 Å². The van der Waals surface area contributed by atoms with Gasteiger partial charge in [0.05, 0.1) is 6.61 Å². The molecule has 32 heavy (non-hydrogen) atoms. The molecule has 0 spiro atoms. The fourth-order valence-electron chi connectivity index (χ4n) is 3.33. The van der Waals surface area contributed by atoms with Gasteiger partial charge in [0.25, 0.3) is 0 Å². The van der Waals surface area contributed by atoms with Crippen LogP contribution in [0.4, 0.5) is 11.7 Å². The second-order valence-corrected chi connectivity index (χ2v) is 6.88. The predicted molar refractivity (Wildman–Crippen MR) is 120 cm³/mol. The second-order valence-electron chi connectivity index (χ2n) is 6.88. The van der Waals surface area contributed by atoms with Crippen LogP contribution >= 0.6 is 0 Å². The minimum atomic E-state index is -0.563. The van der Waals surface area contributed by atoms with E-state index in [0.717, 1.165) is 11.1 Å². The summed E-state index contributed by atoms with van der Waals surface area (Å²) < 4.78 is 11.3. The number of aryl methyl sites for hydroxylation is 1. The van der Waals surface area contributed by atoms with E-state index in [4.69, 9.17) is 9.15 Å². The summed E-state index contributed by atoms with van der Waals surface area (Å²) in [5, 5.41) is 13.1. The van der Waals surface area contributed by atoms with Crippen LogP contribution in [0.2, 0.25) is 0 Å². The predicted octanol–water partition coefficient (Wildman–Crippen LogP) is 5.50. The van der Waals surface area contributed by atoms with Crippen molar-refractivity contribution in [2.45, 2.75) is 13.8 Å². The van der Waals surface area contributed by atoms with Crippen LogP contribution in [0, 0.1) is 18.3 Å². The van der Waals surface area contributed by atoms with Gasteiger partial charge in [0.1, 0.15) is 28.8 Å². The Balaban J connectivity index is 1.89. The Bertz CT molecular complexity index is 1290. The summed E-state index contributed by atoms with van der Waals surface area (Å²) in [5.41, 5.74) is 2.77. The summed E-state index contributed by atoms with van der Waals surface area (Å²) in [6, 6.07) is 21.3. The van der Waals surface area contributed by atoms with Gasteiger partial charge in [-0.25, -0.2) is 14.8 Å². The monoisotopic (exact) mass is 424 g/mol. The lowest BCUT2D eigenvalue weighted by molar-refractivity contribution is 0.0526. The number of anilines is 2. The second kappa shape index (κ2) is 9.14. The van der Waals surface area contributed by atoms with E-state index in [2.05, 4.69) is 21.4 Å². The lowest BCUT2D eigenvalue weighted by Gasteiger charge is -2.09. The summed E-state index contributed by atoms with van der Waals surface area (Å²) in [6.45, 7) is 3.64. The number of rotatable bonds is 6. The van der Waals surface area contributed by atoms with Gasteiger partial charge in [0.2, 0.25) is 5.88 Å². The number of carbonyl (C=O) groups is 1. The van der Waals surface area contributed by atoms with Crippen LogP contribution in [0.15, 0.2) is 71.3 Å². The normalized spacial score (nSPS) is 10.4. The van der Waals surface area contributed by atoms with Gasteiger partial charge in [0.15, 0.2) is 5.82 Å². The molecule has 0 fully saturated rings. The fraction of sp³-hybridized carbons (Fsp3) is 0.120. The Morgan fingerprint density at radius 2 is 1.75 bits per heavy atom. The van der Waals surface area contributed by atoms with Crippen molar-refractivity contribution in [1.29, 1.82) is 5.26 Å². The van der Waals surface area contributed by atoms with Crippen LogP contribution in [0.1, 0.15) is 28.7 Å². The molecule has 0 atom stereocenters. The first kappa shape index (κ1) is 20.8. The molecule has 1 N–H and O–H groups in total. The molecule has 0 aliphatic heterocycles. The van der Waals surface area contributed by atoms with Gasteiger partial charge in [-0.15, -0.1) is 0 Å². The molecule has 0 aliphatic rings. The number of furan rings is 1. The standard InChI is InChI=1S/C25H20N4O3/c1-3-31-25(30)20-15-27-16(2)28-23(20)29-24-19(14-26)21(17-10-6-4-7-11-17)22(32-24)18-12-8-5-9-13-18/h4-13,15H,3H2,1-2H3,(H,27,28,29). The third-order valence-corrected chi connectivity index (χ3v) is 4.75. The zero-order chi connectivity index (χ0) is 22.5. The molecule has 4 rings (SSSR count). The quantitative estimate of drug-likeness (QED) is 0.408. The van der Waals surface area contributed by atoms with Crippen molar-refractivity contribution in [3.05, 3.63) is 83.8 Å². The van der Waals surface area contributed by atoms with Crippen LogP contribution in [0.25, 0.3) is 22.5 Å². The van der Waals surface area contributed by atoms with E-state index in [1.54, 1.807) is 13.8 Å². The number of esters is 1. The van der Waals surface area contributed by atoms with Gasteiger partial charge in [-0.3, -0.25) is 0 Å². The Morgan fingerprint density at radius 1 is 1.09 bits per heavy atom. The number of carbonyl (C=O) groups excluding carboxylic acids is 1. The van der Waals surface area contributed by atoms with Crippen molar-refractivity contribution < 1.29 is 13.9 Å². The van der Waals surface area contributed by atoms with E-state index in [-0.39, 0.29) is 23.9 Å². The summed E-state index contributed by atoms with van der Waals surface area (Å²) in [7, 11) is 0. The van der Waals surface area contributed by atoms with E-state index >= 15 is 0 Å². The molecule has 0 saturated heterocycles. The van der Waals surface area contributed by atoms with Crippen molar-refractivity contribution in [3.8, 4) is 28.5 Å². The van der Waals surface area contributed by atoms with Crippen LogP contribution < -0.4 is 5.32 Å². The Morgan fingerprint density at radius 3 is 2.38 bits per heavy atom. The Labute approximate surface area is 185 Å². The third kappa shape index (κ3) is 4.07. The van der Waals surface area contributed by atoms with E-state index in [1.807, 2.05) is 60.7 Å². The van der Waals surface area contributed by atoms with Crippen molar-refractivity contribution in [2.24, 2.45) is 0 Å². The maximum atomic E-state index is 12.4. The molecule has 0 saturated carbocycles. The summed E-state index contributed by atoms with van der Waals surface area (Å²) in [4.78, 5) is 20.8. The summed E-state index contributed by atoms with van der Waals surface area (Å²) in [6.07, 6.45) is 1.40. The van der Waals surface area contributed by atoms with Crippen molar-refractivity contribution >= 4 is 17.7 Å². The van der Waals surface area contributed by atoms with E-state index in [1.165, 1.54) is 6.20 Å². The molecule has 0 amide bonds. The lowest BCUT2D eigenvalue weighted by Crippen LogP contribution is -2.11. The summed E-state index contributed by atoms with van der Waals surface area (Å²) >= 11 is 0. The molecule has 7 nitrogen and oxygen atoms in total. The van der Waals surface area contributed by atoms with E-state index in [9.17, 15) is 10.1 Å². The SMILES string of the molecule is CCOC(=O)c1cnc(C)nc1Nc1oc(-c2ccccc2)c(-c2ccccc2)c1C#N. The number of nitrogens with one attached hydrogen (secondary N) is 1. The molecule has 2 aromatic carbocycles. The molecule has 0 aliphatic carbocycles. The van der Waals surface area contributed by atoms with E-state index < -0.39 is 5.97 Å². The average molecular weight is 424 g/mol. The number of hydrogen-bond donors (Lipinski definition) is 1.